The highest BCUT2D eigenvalue weighted by Crippen LogP contribution is 2.25. The van der Waals surface area contributed by atoms with Crippen molar-refractivity contribution >= 4 is 17.6 Å². The number of hydrogen-bond acceptors (Lipinski definition) is 6. The molecule has 3 aromatic rings. The van der Waals surface area contributed by atoms with Gasteiger partial charge in [0.25, 0.3) is 0 Å². The normalized spacial score (nSPS) is 12.4. The van der Waals surface area contributed by atoms with Gasteiger partial charge in [-0.1, -0.05) is 18.5 Å². The quantitative estimate of drug-likeness (QED) is 0.484. The summed E-state index contributed by atoms with van der Waals surface area (Å²) in [5, 5.41) is 13.3. The van der Waals surface area contributed by atoms with Crippen LogP contribution in [0.4, 0.5) is 0 Å². The Hall–Kier alpha value is -2.93. The van der Waals surface area contributed by atoms with E-state index in [4.69, 9.17) is 21.1 Å². The summed E-state index contributed by atoms with van der Waals surface area (Å²) in [6.07, 6.45) is 0.297. The molecule has 0 bridgehead atoms. The van der Waals surface area contributed by atoms with E-state index < -0.39 is 5.60 Å². The first-order valence-electron chi connectivity index (χ1n) is 9.71. The highest BCUT2D eigenvalue weighted by molar-refractivity contribution is 6.30. The lowest BCUT2D eigenvalue weighted by atomic mass is 10.1. The zero-order chi connectivity index (χ0) is 21.7. The van der Waals surface area contributed by atoms with Crippen molar-refractivity contribution < 1.29 is 14.3 Å². The predicted molar refractivity (Wildman–Crippen MR) is 114 cm³/mol. The number of aromatic nitrogens is 4. The van der Waals surface area contributed by atoms with E-state index in [-0.39, 0.29) is 11.9 Å². The number of carbonyl (C=O) groups excluding carboxylic acids is 1. The van der Waals surface area contributed by atoms with Gasteiger partial charge in [0, 0.05) is 17.0 Å². The molecule has 158 valence electrons. The molecule has 0 aliphatic heterocycles. The van der Waals surface area contributed by atoms with Crippen molar-refractivity contribution in [3.05, 3.63) is 53.6 Å². The van der Waals surface area contributed by atoms with Crippen LogP contribution in [0.3, 0.4) is 0 Å². The summed E-state index contributed by atoms with van der Waals surface area (Å²) in [6, 6.07) is 14.6. The lowest BCUT2D eigenvalue weighted by Crippen LogP contribution is -2.25. The summed E-state index contributed by atoms with van der Waals surface area (Å²) in [5.41, 5.74) is 0.336. The Kier molecular flexibility index (Phi) is 6.72. The molecule has 1 atom stereocenters. The molecule has 8 heteroatoms. The van der Waals surface area contributed by atoms with E-state index in [1.54, 1.807) is 12.1 Å². The van der Waals surface area contributed by atoms with Crippen molar-refractivity contribution in [2.75, 3.05) is 0 Å². The second-order valence-electron chi connectivity index (χ2n) is 8.14. The Labute approximate surface area is 181 Å². The van der Waals surface area contributed by atoms with Gasteiger partial charge in [0.1, 0.15) is 17.1 Å². The third kappa shape index (κ3) is 6.56. The van der Waals surface area contributed by atoms with Gasteiger partial charge < -0.3 is 9.47 Å². The van der Waals surface area contributed by atoms with Gasteiger partial charge in [-0.15, -0.1) is 10.2 Å². The molecule has 0 spiro atoms. The molecular formula is C22H25ClN4O3. The van der Waals surface area contributed by atoms with Gasteiger partial charge in [0.05, 0.1) is 6.54 Å². The Morgan fingerprint density at radius 2 is 1.67 bits per heavy atom. The third-order valence-electron chi connectivity index (χ3n) is 4.02. The zero-order valence-electron chi connectivity index (χ0n) is 17.5. The summed E-state index contributed by atoms with van der Waals surface area (Å²) >= 11 is 5.89. The van der Waals surface area contributed by atoms with Crippen LogP contribution in [0, 0.1) is 5.92 Å². The van der Waals surface area contributed by atoms with E-state index in [1.807, 2.05) is 64.1 Å². The van der Waals surface area contributed by atoms with Crippen LogP contribution in [0.1, 0.15) is 34.1 Å². The van der Waals surface area contributed by atoms with Gasteiger partial charge in [-0.3, -0.25) is 4.79 Å². The SMILES string of the molecule is C[C@H](CC(=O)OC(C)(C)C)Cn1nnc(-c2ccc(Oc3ccc(Cl)cc3)cc2)n1. The van der Waals surface area contributed by atoms with Gasteiger partial charge in [0.15, 0.2) is 0 Å². The maximum atomic E-state index is 12.0. The van der Waals surface area contributed by atoms with Crippen molar-refractivity contribution in [1.82, 2.24) is 20.2 Å². The lowest BCUT2D eigenvalue weighted by molar-refractivity contribution is -0.155. The molecule has 1 heterocycles. The van der Waals surface area contributed by atoms with E-state index in [0.717, 1.165) is 5.56 Å². The number of rotatable bonds is 7. The number of ether oxygens (including phenoxy) is 2. The minimum absolute atomic E-state index is 0.0250. The standard InChI is InChI=1S/C22H25ClN4O3/c1-15(13-20(28)30-22(2,3)4)14-27-25-21(24-26-27)16-5-9-18(10-6-16)29-19-11-7-17(23)8-12-19/h5-12,15H,13-14H2,1-4H3/t15-/m1/s1. The highest BCUT2D eigenvalue weighted by atomic mass is 35.5. The average molecular weight is 429 g/mol. The zero-order valence-corrected chi connectivity index (χ0v) is 18.3. The van der Waals surface area contributed by atoms with E-state index in [1.165, 1.54) is 4.80 Å². The summed E-state index contributed by atoms with van der Waals surface area (Å²) in [6.45, 7) is 7.99. The smallest absolute Gasteiger partial charge is 0.306 e. The third-order valence-corrected chi connectivity index (χ3v) is 4.28. The summed E-state index contributed by atoms with van der Waals surface area (Å²) < 4.78 is 11.1. The van der Waals surface area contributed by atoms with Crippen LogP contribution in [0.15, 0.2) is 48.5 Å². The van der Waals surface area contributed by atoms with Gasteiger partial charge in [-0.05, 0) is 80.4 Å². The molecule has 1 aromatic heterocycles. The van der Waals surface area contributed by atoms with Crippen molar-refractivity contribution in [3.8, 4) is 22.9 Å². The predicted octanol–water partition coefficient (Wildman–Crippen LogP) is 5.15. The minimum atomic E-state index is -0.487. The second kappa shape index (κ2) is 9.26. The molecule has 0 aliphatic carbocycles. The first-order valence-corrected chi connectivity index (χ1v) is 10.1. The van der Waals surface area contributed by atoms with E-state index >= 15 is 0 Å². The molecule has 30 heavy (non-hydrogen) atoms. The second-order valence-corrected chi connectivity index (χ2v) is 8.58. The topological polar surface area (TPSA) is 79.1 Å². The summed E-state index contributed by atoms with van der Waals surface area (Å²) in [7, 11) is 0. The fraction of sp³-hybridized carbons (Fsp3) is 0.364. The molecule has 0 unspecified atom stereocenters. The van der Waals surface area contributed by atoms with Crippen LogP contribution in [-0.4, -0.2) is 31.8 Å². The molecule has 0 radical (unpaired) electrons. The lowest BCUT2D eigenvalue weighted by Gasteiger charge is -2.20. The molecule has 7 nitrogen and oxygen atoms in total. The summed E-state index contributed by atoms with van der Waals surface area (Å²) in [5.74, 6) is 1.70. The van der Waals surface area contributed by atoms with Crippen molar-refractivity contribution in [2.45, 2.75) is 46.3 Å². The number of nitrogens with zero attached hydrogens (tertiary/aromatic N) is 4. The van der Waals surface area contributed by atoms with Gasteiger partial charge in [0.2, 0.25) is 5.82 Å². The largest absolute Gasteiger partial charge is 0.460 e. The van der Waals surface area contributed by atoms with Crippen LogP contribution >= 0.6 is 11.6 Å². The Morgan fingerprint density at radius 1 is 1.07 bits per heavy atom. The fourth-order valence-electron chi connectivity index (χ4n) is 2.76. The maximum absolute atomic E-state index is 12.0. The highest BCUT2D eigenvalue weighted by Gasteiger charge is 2.19. The van der Waals surface area contributed by atoms with Crippen LogP contribution in [0.2, 0.25) is 5.02 Å². The fourth-order valence-corrected chi connectivity index (χ4v) is 2.88. The molecular weight excluding hydrogens is 404 g/mol. The molecule has 0 aliphatic rings. The molecule has 0 fully saturated rings. The van der Waals surface area contributed by atoms with E-state index in [2.05, 4.69) is 15.4 Å². The molecule has 0 saturated heterocycles. The molecule has 0 saturated carbocycles. The first kappa shape index (κ1) is 21.8. The van der Waals surface area contributed by atoms with Crippen molar-refractivity contribution in [3.63, 3.8) is 0 Å². The number of benzene rings is 2. The van der Waals surface area contributed by atoms with Gasteiger partial charge in [-0.2, -0.15) is 4.80 Å². The Morgan fingerprint density at radius 3 is 2.27 bits per heavy atom. The van der Waals surface area contributed by atoms with Gasteiger partial charge >= 0.3 is 5.97 Å². The van der Waals surface area contributed by atoms with Gasteiger partial charge in [-0.25, -0.2) is 0 Å². The average Bonchev–Trinajstić information content (AvgIpc) is 3.11. The maximum Gasteiger partial charge on any atom is 0.306 e. The van der Waals surface area contributed by atoms with Crippen LogP contribution in [0.5, 0.6) is 11.5 Å². The summed E-state index contributed by atoms with van der Waals surface area (Å²) in [4.78, 5) is 13.5. The molecule has 0 N–H and O–H groups in total. The van der Waals surface area contributed by atoms with Crippen molar-refractivity contribution in [1.29, 1.82) is 0 Å². The van der Waals surface area contributed by atoms with E-state index in [0.29, 0.717) is 35.3 Å². The minimum Gasteiger partial charge on any atom is -0.460 e. The monoisotopic (exact) mass is 428 g/mol. The van der Waals surface area contributed by atoms with E-state index in [9.17, 15) is 4.79 Å². The Balaban J connectivity index is 1.57. The number of tetrazole rings is 1. The Bertz CT molecular complexity index is 979. The first-order chi connectivity index (χ1) is 14.2. The number of hydrogen-bond donors (Lipinski definition) is 0. The number of esters is 1. The number of halogens is 1. The van der Waals surface area contributed by atoms with Crippen molar-refractivity contribution in [2.24, 2.45) is 5.92 Å². The number of carbonyl (C=O) groups is 1. The molecule has 2 aromatic carbocycles. The van der Waals surface area contributed by atoms with Crippen LogP contribution in [0.25, 0.3) is 11.4 Å². The molecule has 3 rings (SSSR count). The van der Waals surface area contributed by atoms with Crippen LogP contribution < -0.4 is 4.74 Å². The molecule has 0 amide bonds. The van der Waals surface area contributed by atoms with Crippen LogP contribution in [-0.2, 0) is 16.1 Å².